The highest BCUT2D eigenvalue weighted by Gasteiger charge is 2.45. The quantitative estimate of drug-likeness (QED) is 0.0944. The molecule has 2 aliphatic heterocycles. The lowest BCUT2D eigenvalue weighted by Gasteiger charge is -2.38. The van der Waals surface area contributed by atoms with Gasteiger partial charge in [0.1, 0.15) is 20.4 Å². The van der Waals surface area contributed by atoms with Crippen molar-refractivity contribution in [2.24, 2.45) is 22.7 Å². The maximum atomic E-state index is 14.2. The number of carboxylic acid groups (broad SMARTS) is 2. The molecule has 0 radical (unpaired) electrons. The number of fused-ring (bicyclic) bond motifs is 2. The zero-order valence-electron chi connectivity index (χ0n) is 36.1. The normalized spacial score (nSPS) is 22.5. The van der Waals surface area contributed by atoms with Crippen molar-refractivity contribution in [3.8, 4) is 0 Å². The molecule has 1 saturated heterocycles. The van der Waals surface area contributed by atoms with E-state index in [9.17, 15) is 29.4 Å². The molecule has 0 spiro atoms. The number of allylic oxidation sites excluding steroid dienone is 2. The molecule has 12 heteroatoms. The Hall–Kier alpha value is -5.30. The number of carbonyl (C=O) groups is 3. The van der Waals surface area contributed by atoms with Crippen LogP contribution in [0.1, 0.15) is 89.3 Å². The van der Waals surface area contributed by atoms with Crippen LogP contribution in [0.15, 0.2) is 113 Å². The Labute approximate surface area is 381 Å². The van der Waals surface area contributed by atoms with Crippen LogP contribution in [-0.4, -0.2) is 54.4 Å². The Morgan fingerprint density at radius 1 is 0.905 bits per heavy atom. The second-order valence-corrected chi connectivity index (χ2v) is 20.5. The number of anilines is 1. The SMILES string of the molecule is CCC(C)(CN1C(=O)/C(=c2\s/c(=C\C3C=CC4=C(C3)C3CCCC3N4c3ccc(C=C(c4ccccc4)c4ccccc4)cc3)c(=O)n2CC(=O)O)SC1=S)CC(C)(CC)C(=O)O. The molecule has 2 fully saturated rings. The van der Waals surface area contributed by atoms with E-state index < -0.39 is 40.8 Å². The number of nitrogens with zero attached hydrogens (tertiary/aromatic N) is 3. The minimum Gasteiger partial charge on any atom is -0.481 e. The Morgan fingerprint density at radius 2 is 1.57 bits per heavy atom. The number of rotatable bonds is 14. The number of aliphatic carboxylic acids is 2. The molecule has 5 atom stereocenters. The number of thioether (sulfide) groups is 1. The highest BCUT2D eigenvalue weighted by molar-refractivity contribution is 8.30. The summed E-state index contributed by atoms with van der Waals surface area (Å²) in [7, 11) is 0. The second kappa shape index (κ2) is 18.1. The van der Waals surface area contributed by atoms with Gasteiger partial charge in [-0.05, 0) is 103 Å². The van der Waals surface area contributed by atoms with Gasteiger partial charge in [-0.25, -0.2) is 0 Å². The summed E-state index contributed by atoms with van der Waals surface area (Å²) in [6, 6.07) is 30.1. The van der Waals surface area contributed by atoms with Gasteiger partial charge in [0.25, 0.3) is 11.5 Å². The Balaban J connectivity index is 1.08. The van der Waals surface area contributed by atoms with E-state index in [-0.39, 0.29) is 22.0 Å². The lowest BCUT2D eigenvalue weighted by atomic mass is 9.70. The molecule has 8 rings (SSSR count). The van der Waals surface area contributed by atoms with Crippen LogP contribution in [0.3, 0.4) is 0 Å². The summed E-state index contributed by atoms with van der Waals surface area (Å²) in [4.78, 5) is 56.8. The Morgan fingerprint density at radius 3 is 2.17 bits per heavy atom. The molecular weight excluding hydrogens is 847 g/mol. The summed E-state index contributed by atoms with van der Waals surface area (Å²) in [5, 5.41) is 19.9. The predicted octanol–water partition coefficient (Wildman–Crippen LogP) is 9.16. The minimum absolute atomic E-state index is 0.0915. The zero-order valence-corrected chi connectivity index (χ0v) is 38.5. The van der Waals surface area contributed by atoms with E-state index in [0.29, 0.717) is 40.1 Å². The molecule has 4 aromatic rings. The number of thiazole rings is 1. The van der Waals surface area contributed by atoms with Crippen molar-refractivity contribution < 1.29 is 24.6 Å². The van der Waals surface area contributed by atoms with Crippen molar-refractivity contribution in [2.75, 3.05) is 11.4 Å². The van der Waals surface area contributed by atoms with Gasteiger partial charge in [0.2, 0.25) is 0 Å². The fraction of sp³-hybridized carbons (Fsp3) is 0.353. The molecule has 326 valence electrons. The van der Waals surface area contributed by atoms with Crippen LogP contribution in [0.2, 0.25) is 0 Å². The summed E-state index contributed by atoms with van der Waals surface area (Å²) in [5.41, 5.74) is 6.40. The van der Waals surface area contributed by atoms with Gasteiger partial charge in [-0.3, -0.25) is 28.6 Å². The van der Waals surface area contributed by atoms with E-state index in [1.165, 1.54) is 20.7 Å². The third-order valence-corrected chi connectivity index (χ3v) is 16.3. The van der Waals surface area contributed by atoms with E-state index in [4.69, 9.17) is 12.2 Å². The molecule has 3 heterocycles. The van der Waals surface area contributed by atoms with Gasteiger partial charge < -0.3 is 15.1 Å². The summed E-state index contributed by atoms with van der Waals surface area (Å²) in [5.74, 6) is -2.16. The first-order valence-corrected chi connectivity index (χ1v) is 23.8. The molecule has 4 aliphatic rings. The third-order valence-electron chi connectivity index (χ3n) is 13.6. The van der Waals surface area contributed by atoms with E-state index in [2.05, 4.69) is 95.9 Å². The zero-order chi connectivity index (χ0) is 44.6. The van der Waals surface area contributed by atoms with Crippen LogP contribution in [0.25, 0.3) is 22.6 Å². The average Bonchev–Trinajstić information content (AvgIpc) is 4.03. The van der Waals surface area contributed by atoms with Gasteiger partial charge in [0, 0.05) is 35.8 Å². The van der Waals surface area contributed by atoms with Crippen LogP contribution in [0.4, 0.5) is 5.69 Å². The van der Waals surface area contributed by atoms with Crippen molar-refractivity contribution in [3.05, 3.63) is 145 Å². The van der Waals surface area contributed by atoms with Crippen LogP contribution in [0, 0.1) is 22.7 Å². The second-order valence-electron chi connectivity index (χ2n) is 17.9. The number of hydrogen-bond donors (Lipinski definition) is 2. The van der Waals surface area contributed by atoms with Crippen LogP contribution >= 0.6 is 35.3 Å². The first-order valence-electron chi connectivity index (χ1n) is 21.8. The average molecular weight is 900 g/mol. The number of thiocarbonyl (C=S) groups is 1. The maximum absolute atomic E-state index is 14.2. The summed E-state index contributed by atoms with van der Waals surface area (Å²) in [6.45, 7) is 7.15. The van der Waals surface area contributed by atoms with Gasteiger partial charge in [-0.1, -0.05) is 136 Å². The van der Waals surface area contributed by atoms with Gasteiger partial charge >= 0.3 is 11.9 Å². The molecule has 2 N–H and O–H groups in total. The molecule has 3 aromatic carbocycles. The van der Waals surface area contributed by atoms with E-state index in [1.807, 2.05) is 39.0 Å². The van der Waals surface area contributed by atoms with E-state index in [0.717, 1.165) is 76.7 Å². The van der Waals surface area contributed by atoms with Crippen molar-refractivity contribution in [1.82, 2.24) is 9.47 Å². The first-order chi connectivity index (χ1) is 30.2. The van der Waals surface area contributed by atoms with Crippen LogP contribution < -0.4 is 19.7 Å². The number of amides is 1. The van der Waals surface area contributed by atoms with E-state index in [1.54, 1.807) is 6.92 Å². The molecule has 5 unspecified atom stereocenters. The largest absolute Gasteiger partial charge is 0.481 e. The van der Waals surface area contributed by atoms with Crippen molar-refractivity contribution in [2.45, 2.75) is 85.2 Å². The molecular formula is C51H53N3O6S3. The minimum atomic E-state index is -1.19. The van der Waals surface area contributed by atoms with Gasteiger partial charge in [0.15, 0.2) is 0 Å². The predicted molar refractivity (Wildman–Crippen MR) is 258 cm³/mol. The molecule has 0 bridgehead atoms. The molecule has 9 nitrogen and oxygen atoms in total. The van der Waals surface area contributed by atoms with Crippen molar-refractivity contribution in [3.63, 3.8) is 0 Å². The fourth-order valence-corrected chi connectivity index (χ4v) is 12.4. The lowest BCUT2D eigenvalue weighted by molar-refractivity contribution is -0.150. The highest BCUT2D eigenvalue weighted by Crippen LogP contribution is 2.50. The van der Waals surface area contributed by atoms with Crippen molar-refractivity contribution >= 4 is 85.8 Å². The van der Waals surface area contributed by atoms with Crippen LogP contribution in [-0.2, 0) is 20.9 Å². The summed E-state index contributed by atoms with van der Waals surface area (Å²) < 4.78 is 2.15. The molecule has 2 aliphatic carbocycles. The summed E-state index contributed by atoms with van der Waals surface area (Å²) >= 11 is 7.93. The number of hydrogen-bond acceptors (Lipinski definition) is 8. The first kappa shape index (κ1) is 44.3. The van der Waals surface area contributed by atoms with Gasteiger partial charge in [-0.15, -0.1) is 11.3 Å². The molecule has 1 amide bonds. The van der Waals surface area contributed by atoms with Crippen LogP contribution in [0.5, 0.6) is 0 Å². The summed E-state index contributed by atoms with van der Waals surface area (Å²) in [6.07, 6.45) is 14.0. The number of carbonyl (C=O) groups excluding carboxylic acids is 1. The lowest BCUT2D eigenvalue weighted by Crippen LogP contribution is -2.43. The highest BCUT2D eigenvalue weighted by atomic mass is 32.2. The Bertz CT molecular complexity index is 2700. The smallest absolute Gasteiger partial charge is 0.323 e. The third kappa shape index (κ3) is 8.82. The van der Waals surface area contributed by atoms with E-state index >= 15 is 0 Å². The Kier molecular flexibility index (Phi) is 12.7. The molecule has 63 heavy (non-hydrogen) atoms. The molecule has 1 saturated carbocycles. The standard InChI is InChI=1S/C51H53N3O6S3/c1-5-50(3,30-51(4,6-2)48(59)60)31-53-46(58)44(63-49(53)61)47-52(29-43(55)56)45(57)42(62-47)28-33-22-25-41-39(27-33)37-18-13-19-40(37)54(41)36-23-20-32(21-24-36)26-38(34-14-9-7-10-15-34)35-16-11-8-12-17-35/h7-12,14-17,20-26,28,33,37,40H,5-6,13,18-19,27,29-31H2,1-4H3,(H,55,56)(H,59,60)/b42-28-,47-44+. The molecule has 1 aromatic heterocycles. The maximum Gasteiger partial charge on any atom is 0.323 e. The van der Waals surface area contributed by atoms with Crippen molar-refractivity contribution in [1.29, 1.82) is 0 Å². The topological polar surface area (TPSA) is 120 Å². The number of aromatic nitrogens is 1. The monoisotopic (exact) mass is 899 g/mol. The number of carboxylic acids is 2. The number of benzene rings is 3. The van der Waals surface area contributed by atoms with Gasteiger partial charge in [0.05, 0.1) is 9.95 Å². The fourth-order valence-electron chi connectivity index (χ4n) is 9.88. The van der Waals surface area contributed by atoms with Gasteiger partial charge in [-0.2, -0.15) is 0 Å².